The molecule has 3 saturated carbocycles. The zero-order valence-corrected chi connectivity index (χ0v) is 18.9. The third-order valence-corrected chi connectivity index (χ3v) is 9.72. The molecule has 0 amide bonds. The van der Waals surface area contributed by atoms with Crippen molar-refractivity contribution in [2.24, 2.45) is 40.4 Å². The Bertz CT molecular complexity index is 675. The number of carbonyl (C=O) groups excluding carboxylic acids is 1. The van der Waals surface area contributed by atoms with E-state index in [2.05, 4.69) is 31.9 Å². The van der Waals surface area contributed by atoms with E-state index in [1.54, 1.807) is 0 Å². The standard InChI is InChI=1S/C25H41NO3/c1-16(28)23-17(15-26(4)11-12-27)13-22-20-6-5-18-14-19(29)7-9-24(18,2)21(20)8-10-25(22,23)3/h5,17,19-23,27,29H,6-15H2,1-4H3/t17?,19-,20+,21-,22-,23-,24-,25-/m0/s1. The van der Waals surface area contributed by atoms with Crippen LogP contribution >= 0.6 is 0 Å². The predicted octanol–water partition coefficient (Wildman–Crippen LogP) is 3.67. The molecule has 0 bridgehead atoms. The molecule has 1 unspecified atom stereocenters. The van der Waals surface area contributed by atoms with Crippen molar-refractivity contribution in [1.29, 1.82) is 0 Å². The van der Waals surface area contributed by atoms with E-state index in [9.17, 15) is 15.0 Å². The van der Waals surface area contributed by atoms with E-state index in [0.29, 0.717) is 36.0 Å². The summed E-state index contributed by atoms with van der Waals surface area (Å²) < 4.78 is 0. The summed E-state index contributed by atoms with van der Waals surface area (Å²) in [5, 5.41) is 19.5. The number of hydrogen-bond acceptors (Lipinski definition) is 4. The van der Waals surface area contributed by atoms with Crippen molar-refractivity contribution in [3.63, 3.8) is 0 Å². The second kappa shape index (κ2) is 7.76. The van der Waals surface area contributed by atoms with Crippen molar-refractivity contribution in [2.45, 2.75) is 71.8 Å². The minimum absolute atomic E-state index is 0.119. The van der Waals surface area contributed by atoms with Gasteiger partial charge in [-0.25, -0.2) is 0 Å². The summed E-state index contributed by atoms with van der Waals surface area (Å²) in [4.78, 5) is 15.0. The highest BCUT2D eigenvalue weighted by Gasteiger charge is 2.61. The van der Waals surface area contributed by atoms with Crippen LogP contribution in [0.25, 0.3) is 0 Å². The average Bonchev–Trinajstić information content (AvgIpc) is 2.94. The molecule has 0 aliphatic heterocycles. The molecule has 4 aliphatic carbocycles. The first kappa shape index (κ1) is 21.5. The normalized spacial score (nSPS) is 46.7. The van der Waals surface area contributed by atoms with Crippen molar-refractivity contribution in [2.75, 3.05) is 26.7 Å². The van der Waals surface area contributed by atoms with Gasteiger partial charge < -0.3 is 15.1 Å². The molecule has 4 aliphatic rings. The van der Waals surface area contributed by atoms with Gasteiger partial charge in [-0.2, -0.15) is 0 Å². The lowest BCUT2D eigenvalue weighted by Crippen LogP contribution is -2.51. The van der Waals surface area contributed by atoms with E-state index in [4.69, 9.17) is 0 Å². The third-order valence-electron chi connectivity index (χ3n) is 9.72. The summed E-state index contributed by atoms with van der Waals surface area (Å²) in [5.41, 5.74) is 1.88. The van der Waals surface area contributed by atoms with Gasteiger partial charge in [0.25, 0.3) is 0 Å². The Morgan fingerprint density at radius 3 is 2.69 bits per heavy atom. The van der Waals surface area contributed by atoms with E-state index in [1.807, 2.05) is 6.92 Å². The van der Waals surface area contributed by atoms with Crippen molar-refractivity contribution < 1.29 is 15.0 Å². The van der Waals surface area contributed by atoms with Gasteiger partial charge in [-0.15, -0.1) is 0 Å². The largest absolute Gasteiger partial charge is 0.395 e. The van der Waals surface area contributed by atoms with Crippen LogP contribution < -0.4 is 0 Å². The maximum absolute atomic E-state index is 12.8. The topological polar surface area (TPSA) is 60.8 Å². The molecular weight excluding hydrogens is 362 g/mol. The second-order valence-electron chi connectivity index (χ2n) is 11.3. The smallest absolute Gasteiger partial charge is 0.133 e. The highest BCUT2D eigenvalue weighted by Crippen LogP contribution is 2.67. The van der Waals surface area contributed by atoms with Gasteiger partial charge in [0.15, 0.2) is 0 Å². The Morgan fingerprint density at radius 2 is 2.00 bits per heavy atom. The van der Waals surface area contributed by atoms with Gasteiger partial charge in [0, 0.05) is 19.0 Å². The van der Waals surface area contributed by atoms with Crippen LogP contribution in [0.2, 0.25) is 0 Å². The Kier molecular flexibility index (Phi) is 5.76. The number of Topliss-reactive ketones (excluding diaryl/α,β-unsaturated/α-hetero) is 1. The van der Waals surface area contributed by atoms with E-state index >= 15 is 0 Å². The molecule has 0 saturated heterocycles. The SMILES string of the molecule is CC(=O)[C@H]1C(CN(C)CCO)C[C@H]2[C@@H]3CC=C4C[C@@H](O)CC[C@]4(C)[C@H]3CC[C@]12C. The minimum atomic E-state index is -0.153. The molecule has 8 atom stereocenters. The molecule has 0 aromatic rings. The van der Waals surface area contributed by atoms with Crippen LogP contribution in [0.5, 0.6) is 0 Å². The molecule has 0 heterocycles. The van der Waals surface area contributed by atoms with Crippen LogP contribution in [-0.4, -0.2) is 53.7 Å². The van der Waals surface area contributed by atoms with Crippen molar-refractivity contribution in [3.05, 3.63) is 11.6 Å². The van der Waals surface area contributed by atoms with E-state index < -0.39 is 0 Å². The Balaban J connectivity index is 1.62. The van der Waals surface area contributed by atoms with Gasteiger partial charge in [-0.1, -0.05) is 25.5 Å². The molecule has 164 valence electrons. The summed E-state index contributed by atoms with van der Waals surface area (Å²) in [6.07, 6.45) is 9.91. The lowest BCUT2D eigenvalue weighted by Gasteiger charge is -2.57. The van der Waals surface area contributed by atoms with Gasteiger partial charge in [-0.05, 0) is 93.4 Å². The highest BCUT2D eigenvalue weighted by molar-refractivity contribution is 5.80. The second-order valence-corrected chi connectivity index (χ2v) is 11.3. The van der Waals surface area contributed by atoms with Crippen LogP contribution in [-0.2, 0) is 4.79 Å². The van der Waals surface area contributed by atoms with Crippen LogP contribution in [0.15, 0.2) is 11.6 Å². The zero-order chi connectivity index (χ0) is 21.0. The number of rotatable bonds is 5. The van der Waals surface area contributed by atoms with E-state index in [-0.39, 0.29) is 29.5 Å². The first-order chi connectivity index (χ1) is 13.7. The molecule has 2 N–H and O–H groups in total. The van der Waals surface area contributed by atoms with Gasteiger partial charge in [0.05, 0.1) is 12.7 Å². The monoisotopic (exact) mass is 403 g/mol. The molecule has 4 heteroatoms. The maximum Gasteiger partial charge on any atom is 0.133 e. The summed E-state index contributed by atoms with van der Waals surface area (Å²) in [6, 6.07) is 0. The highest BCUT2D eigenvalue weighted by atomic mass is 16.3. The summed E-state index contributed by atoms with van der Waals surface area (Å²) in [6.45, 7) is 8.47. The third kappa shape index (κ3) is 3.43. The Labute approximate surface area is 176 Å². The fraction of sp³-hybridized carbons (Fsp3) is 0.880. The number of ketones is 1. The molecule has 0 aromatic carbocycles. The number of fused-ring (bicyclic) bond motifs is 5. The van der Waals surface area contributed by atoms with Crippen molar-refractivity contribution >= 4 is 5.78 Å². The van der Waals surface area contributed by atoms with E-state index in [1.165, 1.54) is 12.0 Å². The van der Waals surface area contributed by atoms with Gasteiger partial charge in [-0.3, -0.25) is 4.79 Å². The maximum atomic E-state index is 12.8. The number of carbonyl (C=O) groups is 1. The number of aliphatic hydroxyl groups excluding tert-OH is 2. The van der Waals surface area contributed by atoms with Crippen LogP contribution in [0.3, 0.4) is 0 Å². The molecule has 4 nitrogen and oxygen atoms in total. The molecular formula is C25H41NO3. The zero-order valence-electron chi connectivity index (χ0n) is 18.9. The van der Waals surface area contributed by atoms with Crippen LogP contribution in [0, 0.1) is 40.4 Å². The first-order valence-corrected chi connectivity index (χ1v) is 11.9. The van der Waals surface area contributed by atoms with Gasteiger partial charge in [0.2, 0.25) is 0 Å². The quantitative estimate of drug-likeness (QED) is 0.688. The van der Waals surface area contributed by atoms with Crippen molar-refractivity contribution in [1.82, 2.24) is 4.90 Å². The fourth-order valence-electron chi connectivity index (χ4n) is 8.46. The van der Waals surface area contributed by atoms with Gasteiger partial charge in [0.1, 0.15) is 5.78 Å². The van der Waals surface area contributed by atoms with Crippen molar-refractivity contribution in [3.8, 4) is 0 Å². The molecule has 0 radical (unpaired) electrons. The summed E-state index contributed by atoms with van der Waals surface area (Å²) in [7, 11) is 2.07. The van der Waals surface area contributed by atoms with Crippen LogP contribution in [0.4, 0.5) is 0 Å². The number of allylic oxidation sites excluding steroid dienone is 1. The molecule has 0 spiro atoms. The summed E-state index contributed by atoms with van der Waals surface area (Å²) in [5.74, 6) is 2.92. The number of nitrogens with zero attached hydrogens (tertiary/aromatic N) is 1. The number of hydrogen-bond donors (Lipinski definition) is 2. The fourth-order valence-corrected chi connectivity index (χ4v) is 8.46. The Morgan fingerprint density at radius 1 is 1.24 bits per heavy atom. The number of aliphatic hydroxyl groups is 2. The average molecular weight is 404 g/mol. The Hall–Kier alpha value is -0.710. The lowest BCUT2D eigenvalue weighted by molar-refractivity contribution is -0.129. The summed E-state index contributed by atoms with van der Waals surface area (Å²) >= 11 is 0. The van der Waals surface area contributed by atoms with E-state index in [0.717, 1.165) is 45.1 Å². The van der Waals surface area contributed by atoms with Gasteiger partial charge >= 0.3 is 0 Å². The molecule has 29 heavy (non-hydrogen) atoms. The predicted molar refractivity (Wildman–Crippen MR) is 115 cm³/mol. The first-order valence-electron chi connectivity index (χ1n) is 11.9. The minimum Gasteiger partial charge on any atom is -0.395 e. The molecule has 4 rings (SSSR count). The van der Waals surface area contributed by atoms with Crippen LogP contribution in [0.1, 0.15) is 65.7 Å². The molecule has 0 aromatic heterocycles. The molecule has 3 fully saturated rings. The lowest BCUT2D eigenvalue weighted by atomic mass is 9.47. The number of likely N-dealkylation sites (N-methyl/N-ethyl adjacent to an activating group) is 1.